The fourth-order valence-corrected chi connectivity index (χ4v) is 3.44. The predicted molar refractivity (Wildman–Crippen MR) is 124 cm³/mol. The Morgan fingerprint density at radius 2 is 1.74 bits per heavy atom. The van der Waals surface area contributed by atoms with Crippen molar-refractivity contribution in [3.63, 3.8) is 0 Å². The summed E-state index contributed by atoms with van der Waals surface area (Å²) in [6.45, 7) is 4.24. The van der Waals surface area contributed by atoms with E-state index in [2.05, 4.69) is 35.8 Å². The summed E-state index contributed by atoms with van der Waals surface area (Å²) in [4.78, 5) is 23.5. The molecule has 31 heavy (non-hydrogen) atoms. The van der Waals surface area contributed by atoms with Gasteiger partial charge in [-0.05, 0) is 65.6 Å². The van der Waals surface area contributed by atoms with E-state index in [0.29, 0.717) is 23.6 Å². The Morgan fingerprint density at radius 3 is 2.42 bits per heavy atom. The number of urea groups is 1. The highest BCUT2D eigenvalue weighted by atomic mass is 16.4. The van der Waals surface area contributed by atoms with E-state index < -0.39 is 12.0 Å². The maximum absolute atomic E-state index is 11.8. The van der Waals surface area contributed by atoms with E-state index in [-0.39, 0.29) is 0 Å². The minimum absolute atomic E-state index is 0.337. The van der Waals surface area contributed by atoms with E-state index in [4.69, 9.17) is 0 Å². The van der Waals surface area contributed by atoms with Gasteiger partial charge in [-0.1, -0.05) is 56.3 Å². The van der Waals surface area contributed by atoms with Crippen molar-refractivity contribution in [3.8, 4) is 11.1 Å². The minimum Gasteiger partial charge on any atom is -0.478 e. The molecule has 2 amide bonds. The zero-order valence-electron chi connectivity index (χ0n) is 17.8. The molecule has 3 N–H and O–H groups in total. The highest BCUT2D eigenvalue weighted by Gasteiger charge is 2.19. The second kappa shape index (κ2) is 10.4. The Hall–Kier alpha value is -3.67. The van der Waals surface area contributed by atoms with Gasteiger partial charge in [0.05, 0.1) is 5.56 Å². The van der Waals surface area contributed by atoms with Crippen molar-refractivity contribution in [1.82, 2.24) is 5.43 Å². The van der Waals surface area contributed by atoms with Gasteiger partial charge in [-0.15, -0.1) is 0 Å². The summed E-state index contributed by atoms with van der Waals surface area (Å²) in [5.41, 5.74) is 7.40. The number of para-hydroxylation sites is 1. The Balaban J connectivity index is 1.57. The summed E-state index contributed by atoms with van der Waals surface area (Å²) in [6.07, 6.45) is 3.84. The number of fused-ring (bicyclic) bond motifs is 1. The lowest BCUT2D eigenvalue weighted by atomic mass is 10.0. The first kappa shape index (κ1) is 22.0. The van der Waals surface area contributed by atoms with Gasteiger partial charge in [-0.2, -0.15) is 5.10 Å². The van der Waals surface area contributed by atoms with Gasteiger partial charge in [0.25, 0.3) is 0 Å². The molecule has 0 aromatic heterocycles. The van der Waals surface area contributed by atoms with Gasteiger partial charge in [-0.3, -0.25) is 0 Å². The third-order valence-corrected chi connectivity index (χ3v) is 5.10. The minimum atomic E-state index is -0.913. The van der Waals surface area contributed by atoms with Crippen LogP contribution in [-0.2, 0) is 6.42 Å². The zero-order chi connectivity index (χ0) is 22.2. The Labute approximate surface area is 182 Å². The Kier molecular flexibility index (Phi) is 7.38. The first-order valence-electron chi connectivity index (χ1n) is 10.4. The van der Waals surface area contributed by atoms with E-state index in [9.17, 15) is 14.7 Å². The van der Waals surface area contributed by atoms with Gasteiger partial charge in [0.2, 0.25) is 0 Å². The molecule has 1 aromatic carbocycles. The lowest BCUT2D eigenvalue weighted by Crippen LogP contribution is -2.24. The highest BCUT2D eigenvalue weighted by Crippen LogP contribution is 2.34. The monoisotopic (exact) mass is 417 g/mol. The number of hydrazone groups is 1. The zero-order valence-corrected chi connectivity index (χ0v) is 17.8. The fraction of sp³-hybridized carbons (Fsp3) is 0.240. The predicted octanol–water partition coefficient (Wildman–Crippen LogP) is 5.74. The summed E-state index contributed by atoms with van der Waals surface area (Å²) in [5, 5.41) is 16.2. The molecule has 0 radical (unpaired) electrons. The number of benzene rings is 1. The lowest BCUT2D eigenvalue weighted by Gasteiger charge is -2.03. The number of aryl methyl sites for hydroxylation is 1. The van der Waals surface area contributed by atoms with E-state index in [1.54, 1.807) is 24.4 Å². The van der Waals surface area contributed by atoms with Crippen LogP contribution >= 0.6 is 0 Å². The Morgan fingerprint density at radius 1 is 1.03 bits per heavy atom. The number of carbonyl (C=O) groups is 2. The van der Waals surface area contributed by atoms with Crippen LogP contribution in [-0.4, -0.2) is 23.3 Å². The third kappa shape index (κ3) is 5.92. The molecule has 0 bridgehead atoms. The van der Waals surface area contributed by atoms with Crippen molar-refractivity contribution < 1.29 is 14.7 Å². The molecule has 6 nitrogen and oxygen atoms in total. The number of anilines is 1. The molecule has 0 unspecified atom stereocenters. The van der Waals surface area contributed by atoms with Gasteiger partial charge in [0, 0.05) is 11.9 Å². The highest BCUT2D eigenvalue weighted by molar-refractivity contribution is 5.99. The first-order chi connectivity index (χ1) is 15.0. The standard InChI is InChI=1S/C25H27N3O3/c1-17(2)18-11-13-21-19(16-23(24(29)30)22(21)14-12-18)8-6-7-15-26-28-25(31)27-20-9-4-3-5-10-20/h3-5,9-17H,6-8H2,1-2H3,(H,29,30)(H2,27,28,31). The van der Waals surface area contributed by atoms with Gasteiger partial charge in [0.1, 0.15) is 0 Å². The van der Waals surface area contributed by atoms with Crippen LogP contribution in [0.25, 0.3) is 11.1 Å². The quantitative estimate of drug-likeness (QED) is 0.248. The molecule has 0 heterocycles. The summed E-state index contributed by atoms with van der Waals surface area (Å²) < 4.78 is 0. The number of nitrogens with one attached hydrogen (secondary N) is 2. The van der Waals surface area contributed by atoms with Crippen LogP contribution in [0.2, 0.25) is 0 Å². The summed E-state index contributed by atoms with van der Waals surface area (Å²) in [7, 11) is 0. The van der Waals surface area contributed by atoms with Crippen molar-refractivity contribution in [2.24, 2.45) is 5.10 Å². The number of rotatable bonds is 8. The van der Waals surface area contributed by atoms with Crippen LogP contribution in [0.1, 0.15) is 54.1 Å². The number of carboxylic acid groups (broad SMARTS) is 1. The average molecular weight is 418 g/mol. The van der Waals surface area contributed by atoms with Crippen molar-refractivity contribution in [1.29, 1.82) is 0 Å². The van der Waals surface area contributed by atoms with Crippen molar-refractivity contribution >= 4 is 23.9 Å². The maximum atomic E-state index is 11.8. The largest absolute Gasteiger partial charge is 0.478 e. The second-order valence-corrected chi connectivity index (χ2v) is 7.67. The van der Waals surface area contributed by atoms with E-state index >= 15 is 0 Å². The number of nitrogens with zero attached hydrogens (tertiary/aromatic N) is 1. The molecule has 3 rings (SSSR count). The van der Waals surface area contributed by atoms with Crippen LogP contribution in [0, 0.1) is 0 Å². The molecule has 0 spiro atoms. The molecule has 0 atom stereocenters. The van der Waals surface area contributed by atoms with Crippen molar-refractivity contribution in [3.05, 3.63) is 77.4 Å². The summed E-state index contributed by atoms with van der Waals surface area (Å²) >= 11 is 0. The number of carboxylic acids is 1. The molecule has 0 fully saturated rings. The molecular weight excluding hydrogens is 390 g/mol. The Bertz CT molecular complexity index is 1050. The van der Waals surface area contributed by atoms with Gasteiger partial charge >= 0.3 is 12.0 Å². The van der Waals surface area contributed by atoms with Crippen molar-refractivity contribution in [2.45, 2.75) is 39.0 Å². The van der Waals surface area contributed by atoms with Crippen LogP contribution in [0.5, 0.6) is 0 Å². The summed E-state index contributed by atoms with van der Waals surface area (Å²) in [5.74, 6) is -0.542. The number of aromatic carboxylic acids is 1. The normalized spacial score (nSPS) is 11.2. The number of hydrogen-bond donors (Lipinski definition) is 3. The van der Waals surface area contributed by atoms with Crippen molar-refractivity contribution in [2.75, 3.05) is 5.32 Å². The average Bonchev–Trinajstić information content (AvgIpc) is 2.93. The molecule has 160 valence electrons. The van der Waals surface area contributed by atoms with E-state index in [1.165, 1.54) is 5.56 Å². The number of hydrogen-bond acceptors (Lipinski definition) is 3. The molecule has 2 aliphatic rings. The molecule has 2 aliphatic carbocycles. The topological polar surface area (TPSA) is 90.8 Å². The molecule has 1 aromatic rings. The first-order valence-corrected chi connectivity index (χ1v) is 10.4. The molecule has 0 saturated carbocycles. The second-order valence-electron chi connectivity index (χ2n) is 7.67. The molecule has 0 saturated heterocycles. The number of amides is 2. The number of carbonyl (C=O) groups excluding carboxylic acids is 1. The smallest absolute Gasteiger partial charge is 0.339 e. The lowest BCUT2D eigenvalue weighted by molar-refractivity contribution is 0.0698. The third-order valence-electron chi connectivity index (χ3n) is 5.10. The fourth-order valence-electron chi connectivity index (χ4n) is 3.44. The van der Waals surface area contributed by atoms with Gasteiger partial charge in [0.15, 0.2) is 0 Å². The molecular formula is C25H27N3O3. The van der Waals surface area contributed by atoms with Gasteiger partial charge < -0.3 is 10.4 Å². The van der Waals surface area contributed by atoms with Gasteiger partial charge in [-0.25, -0.2) is 15.0 Å². The van der Waals surface area contributed by atoms with Crippen LogP contribution in [0.15, 0.2) is 65.8 Å². The molecule has 6 heteroatoms. The summed E-state index contributed by atoms with van der Waals surface area (Å²) in [6, 6.07) is 18.5. The maximum Gasteiger partial charge on any atom is 0.339 e. The van der Waals surface area contributed by atoms with E-state index in [1.807, 2.05) is 36.4 Å². The SMILES string of the molecule is CC(C)c1ccc2c(CCCC=NNC(=O)Nc3ccccc3)cc(C(=O)O)c-2cc1. The van der Waals surface area contributed by atoms with Crippen LogP contribution < -0.4 is 10.7 Å². The van der Waals surface area contributed by atoms with E-state index in [0.717, 1.165) is 29.5 Å². The van der Waals surface area contributed by atoms with Crippen LogP contribution in [0.3, 0.4) is 0 Å². The van der Waals surface area contributed by atoms with Crippen LogP contribution in [0.4, 0.5) is 10.5 Å². The number of unbranched alkanes of at least 4 members (excludes halogenated alkanes) is 1. The molecule has 0 aliphatic heterocycles.